The first-order chi connectivity index (χ1) is 9.59. The Labute approximate surface area is 118 Å². The smallest absolute Gasteiger partial charge is 0.404 e. The summed E-state index contributed by atoms with van der Waals surface area (Å²) in [5, 5.41) is 4.06. The number of alkyl halides is 4. The summed E-state index contributed by atoms with van der Waals surface area (Å²) >= 11 is 0. The largest absolute Gasteiger partial charge is 0.507 e. The van der Waals surface area contributed by atoms with E-state index in [2.05, 4.69) is 4.74 Å². The number of aromatic hydroxyl groups is 1. The molecule has 118 valence electrons. The zero-order chi connectivity index (χ0) is 16.3. The van der Waals surface area contributed by atoms with Crippen molar-refractivity contribution >= 4 is 16.7 Å². The second-order valence-corrected chi connectivity index (χ2v) is 4.98. The zero-order valence-electron chi connectivity index (χ0n) is 10.3. The van der Waals surface area contributed by atoms with E-state index >= 15 is 0 Å². The summed E-state index contributed by atoms with van der Waals surface area (Å²) < 4.78 is 75.9. The molecule has 5 nitrogen and oxygen atoms in total. The number of thiol groups is 1. The molecule has 0 aliphatic carbocycles. The number of halogens is 4. The van der Waals surface area contributed by atoms with Crippen LogP contribution in [0.3, 0.4) is 0 Å². The van der Waals surface area contributed by atoms with Crippen molar-refractivity contribution < 1.29 is 40.6 Å². The van der Waals surface area contributed by atoms with Crippen LogP contribution in [0.1, 0.15) is 16.8 Å². The molecule has 10 heteroatoms. The zero-order valence-corrected chi connectivity index (χ0v) is 11.2. The monoisotopic (exact) mass is 330 g/mol. The van der Waals surface area contributed by atoms with E-state index in [0.717, 1.165) is 12.1 Å². The van der Waals surface area contributed by atoms with E-state index in [0.29, 0.717) is 0 Å². The van der Waals surface area contributed by atoms with Crippen molar-refractivity contribution in [2.24, 2.45) is 0 Å². The van der Waals surface area contributed by atoms with Gasteiger partial charge in [-0.3, -0.25) is 0 Å². The van der Waals surface area contributed by atoms with Crippen LogP contribution in [-0.2, 0) is 15.4 Å². The Hall–Kier alpha value is -1.84. The van der Waals surface area contributed by atoms with Crippen LogP contribution in [0.5, 0.6) is 5.75 Å². The van der Waals surface area contributed by atoms with Crippen molar-refractivity contribution in [3.05, 3.63) is 29.8 Å². The summed E-state index contributed by atoms with van der Waals surface area (Å²) in [4.78, 5) is 11.4. The summed E-state index contributed by atoms with van der Waals surface area (Å²) in [5.41, 5.74) is -0.331. The highest BCUT2D eigenvalue weighted by molar-refractivity contribution is 7.73. The van der Waals surface area contributed by atoms with Gasteiger partial charge in [0.25, 0.3) is 0 Å². The van der Waals surface area contributed by atoms with E-state index in [9.17, 15) is 35.9 Å². The molecule has 1 rings (SSSR count). The van der Waals surface area contributed by atoms with Gasteiger partial charge in [0.15, 0.2) is 0 Å². The highest BCUT2D eigenvalue weighted by Crippen LogP contribution is 2.37. The van der Waals surface area contributed by atoms with Gasteiger partial charge in [0.2, 0.25) is 10.7 Å². The minimum Gasteiger partial charge on any atom is -0.507 e. The molecule has 0 bridgehead atoms. The fourth-order valence-electron chi connectivity index (χ4n) is 1.28. The Balaban J connectivity index is 2.66. The van der Waals surface area contributed by atoms with Gasteiger partial charge in [-0.05, 0) is 12.1 Å². The minimum atomic E-state index is -5.23. The van der Waals surface area contributed by atoms with Gasteiger partial charge in [0.05, 0.1) is 13.0 Å². The SMILES string of the molecule is O=C(OCCC(F)(F)C(F)(F)[SH](=O)=O)c1ccccc1O. The molecule has 21 heavy (non-hydrogen) atoms. The van der Waals surface area contributed by atoms with Gasteiger partial charge < -0.3 is 9.84 Å². The Morgan fingerprint density at radius 3 is 2.29 bits per heavy atom. The lowest BCUT2D eigenvalue weighted by atomic mass is 10.2. The molecule has 1 aromatic rings. The van der Waals surface area contributed by atoms with Crippen molar-refractivity contribution in [3.8, 4) is 5.75 Å². The van der Waals surface area contributed by atoms with Crippen molar-refractivity contribution in [2.75, 3.05) is 6.61 Å². The molecule has 1 N–H and O–H groups in total. The van der Waals surface area contributed by atoms with Gasteiger partial charge in [-0.25, -0.2) is 13.2 Å². The third kappa shape index (κ3) is 3.84. The van der Waals surface area contributed by atoms with Crippen LogP contribution in [0.25, 0.3) is 0 Å². The number of esters is 1. The van der Waals surface area contributed by atoms with Crippen LogP contribution < -0.4 is 0 Å². The molecule has 0 aliphatic heterocycles. The third-order valence-corrected chi connectivity index (χ3v) is 3.23. The highest BCUT2D eigenvalue weighted by atomic mass is 32.2. The average Bonchev–Trinajstić information content (AvgIpc) is 2.38. The van der Waals surface area contributed by atoms with Crippen molar-refractivity contribution in [3.63, 3.8) is 0 Å². The normalized spacial score (nSPS) is 12.4. The summed E-state index contributed by atoms with van der Waals surface area (Å²) in [6.45, 7) is -1.14. The topological polar surface area (TPSA) is 80.7 Å². The molecule has 0 aliphatic rings. The van der Waals surface area contributed by atoms with E-state index in [4.69, 9.17) is 0 Å². The number of phenolic OH excluding ortho intramolecular Hbond substituents is 1. The van der Waals surface area contributed by atoms with Gasteiger partial charge in [-0.2, -0.15) is 17.6 Å². The molecule has 0 saturated heterocycles. The molecule has 0 aromatic heterocycles. The molecule has 0 fully saturated rings. The molecule has 0 radical (unpaired) electrons. The third-order valence-electron chi connectivity index (χ3n) is 2.44. The number of para-hydroxylation sites is 1. The number of ether oxygens (including phenoxy) is 1. The van der Waals surface area contributed by atoms with Gasteiger partial charge in [-0.1, -0.05) is 12.1 Å². The average molecular weight is 330 g/mol. The molecule has 0 atom stereocenters. The predicted molar refractivity (Wildman–Crippen MR) is 63.2 cm³/mol. The van der Waals surface area contributed by atoms with Gasteiger partial charge >= 0.3 is 17.1 Å². The van der Waals surface area contributed by atoms with E-state index in [1.54, 1.807) is 0 Å². The van der Waals surface area contributed by atoms with Crippen molar-refractivity contribution in [2.45, 2.75) is 17.6 Å². The van der Waals surface area contributed by atoms with Gasteiger partial charge in [-0.15, -0.1) is 0 Å². The second kappa shape index (κ2) is 6.29. The van der Waals surface area contributed by atoms with Crippen LogP contribution in [-0.4, -0.2) is 37.3 Å². The first-order valence-corrected chi connectivity index (χ1v) is 6.62. The van der Waals surface area contributed by atoms with Crippen molar-refractivity contribution in [1.82, 2.24) is 0 Å². The van der Waals surface area contributed by atoms with Crippen LogP contribution in [0.15, 0.2) is 24.3 Å². The number of rotatable bonds is 6. The molecule has 0 spiro atoms. The molecule has 1 aromatic carbocycles. The van der Waals surface area contributed by atoms with Crippen LogP contribution in [0.2, 0.25) is 0 Å². The molecular formula is C11H10F4O5S. The summed E-state index contributed by atoms with van der Waals surface area (Å²) in [7, 11) is -4.68. The van der Waals surface area contributed by atoms with E-state index < -0.39 is 46.6 Å². The number of hydrogen-bond acceptors (Lipinski definition) is 5. The molecule has 0 amide bonds. The van der Waals surface area contributed by atoms with E-state index in [1.165, 1.54) is 12.1 Å². The maximum Gasteiger partial charge on any atom is 0.404 e. The summed E-state index contributed by atoms with van der Waals surface area (Å²) in [6.07, 6.45) is -1.68. The number of carbonyl (C=O) groups excluding carboxylic acids is 1. The molecule has 0 saturated carbocycles. The number of hydrogen-bond donors (Lipinski definition) is 2. The fraction of sp³-hybridized carbons (Fsp3) is 0.364. The quantitative estimate of drug-likeness (QED) is 0.472. The van der Waals surface area contributed by atoms with E-state index in [1.807, 2.05) is 0 Å². The second-order valence-electron chi connectivity index (χ2n) is 3.91. The lowest BCUT2D eigenvalue weighted by Crippen LogP contribution is -2.42. The lowest BCUT2D eigenvalue weighted by Gasteiger charge is -2.21. The summed E-state index contributed by atoms with van der Waals surface area (Å²) in [5.74, 6) is -6.54. The standard InChI is InChI=1S/C11H10F4O5S/c12-10(13,11(14,15)21(18)19)5-6-20-9(17)7-3-1-2-4-8(7)16/h1-4,16,21H,5-6H2. The summed E-state index contributed by atoms with van der Waals surface area (Å²) in [6, 6.07) is 5.03. The lowest BCUT2D eigenvalue weighted by molar-refractivity contribution is -0.163. The first kappa shape index (κ1) is 17.2. The highest BCUT2D eigenvalue weighted by Gasteiger charge is 2.59. The predicted octanol–water partition coefficient (Wildman–Crippen LogP) is 1.78. The number of phenols is 1. The molecular weight excluding hydrogens is 320 g/mol. The number of carbonyl (C=O) groups is 1. The maximum absolute atomic E-state index is 13.0. The first-order valence-electron chi connectivity index (χ1n) is 5.45. The van der Waals surface area contributed by atoms with Gasteiger partial charge in [0, 0.05) is 0 Å². The Kier molecular flexibility index (Phi) is 5.15. The van der Waals surface area contributed by atoms with Crippen molar-refractivity contribution in [1.29, 1.82) is 0 Å². The molecule has 0 unspecified atom stereocenters. The fourth-order valence-corrected chi connectivity index (χ4v) is 1.66. The van der Waals surface area contributed by atoms with Crippen LogP contribution in [0, 0.1) is 0 Å². The van der Waals surface area contributed by atoms with Gasteiger partial charge in [0.1, 0.15) is 11.3 Å². The number of benzene rings is 1. The van der Waals surface area contributed by atoms with Crippen LogP contribution in [0.4, 0.5) is 17.6 Å². The maximum atomic E-state index is 13.0. The Morgan fingerprint density at radius 1 is 1.19 bits per heavy atom. The Morgan fingerprint density at radius 2 is 1.76 bits per heavy atom. The molecule has 0 heterocycles. The van der Waals surface area contributed by atoms with Crippen LogP contribution >= 0.6 is 0 Å². The Bertz CT molecular complexity index is 592. The minimum absolute atomic E-state index is 0.331. The van der Waals surface area contributed by atoms with E-state index in [-0.39, 0.29) is 5.56 Å².